The van der Waals surface area contributed by atoms with Crippen LogP contribution in [0, 0.1) is 23.7 Å². The molecule has 3 saturated heterocycles. The number of aliphatic hydroxyl groups is 5. The van der Waals surface area contributed by atoms with Crippen LogP contribution in [0.4, 0.5) is 0 Å². The van der Waals surface area contributed by atoms with Crippen molar-refractivity contribution in [1.82, 2.24) is 4.90 Å². The van der Waals surface area contributed by atoms with E-state index in [1.807, 2.05) is 25.9 Å². The monoisotopic (exact) mass is 851 g/mol. The Morgan fingerprint density at radius 2 is 1.41 bits per heavy atom. The van der Waals surface area contributed by atoms with Gasteiger partial charge in [0.2, 0.25) is 0 Å². The molecule has 3 aliphatic rings. The van der Waals surface area contributed by atoms with Crippen molar-refractivity contribution in [3.8, 4) is 0 Å². The largest absolute Gasteiger partial charge is 0.481 e. The number of hydrogen-bond acceptors (Lipinski definition) is 16. The molecule has 3 rings (SSSR count). The minimum absolute atomic E-state index is 0.0936. The highest BCUT2D eigenvalue weighted by atomic mass is 16.7. The first-order chi connectivity index (χ1) is 27.1. The van der Waals surface area contributed by atoms with E-state index in [9.17, 15) is 44.7 Å². The summed E-state index contributed by atoms with van der Waals surface area (Å²) in [5, 5.41) is 73.4. The number of esters is 1. The van der Waals surface area contributed by atoms with Crippen LogP contribution in [0.1, 0.15) is 108 Å². The third kappa shape index (κ3) is 13.3. The van der Waals surface area contributed by atoms with Crippen molar-refractivity contribution in [2.24, 2.45) is 23.7 Å². The lowest BCUT2D eigenvalue weighted by molar-refractivity contribution is -0.318. The van der Waals surface area contributed by atoms with Gasteiger partial charge in [-0.15, -0.1) is 0 Å². The number of carboxylic acids is 2. The quantitative estimate of drug-likeness (QED) is 0.154. The number of Topliss-reactive ketones (excluding diaryl/α,β-unsaturated/α-hetero) is 1. The van der Waals surface area contributed by atoms with Crippen molar-refractivity contribution in [3.05, 3.63) is 0 Å². The zero-order valence-electron chi connectivity index (χ0n) is 37.1. The molecule has 18 heteroatoms. The first kappa shape index (κ1) is 52.8. The second kappa shape index (κ2) is 21.6. The summed E-state index contributed by atoms with van der Waals surface area (Å²) in [6.07, 6.45) is -10.3. The summed E-state index contributed by atoms with van der Waals surface area (Å²) in [6, 6.07) is -0.324. The van der Waals surface area contributed by atoms with Crippen molar-refractivity contribution < 1.29 is 83.3 Å². The SMILES string of the molecule is CC[C@H]1OC(=O)[C@H](C)[C@@H](O[C@H]2C[C@@](C)(OC)[C@@H](O)[C@H](C)O2)[C@@H](C)[C@@H](O[C@@H]2O[C@H](C)C[C@H](N(C)C)[C@H]2O)[C@](C)(O)C[C@@H](C)C(=O)[C@H](C)[C@H](O)[C@]1(C)O.O=C(O)CCC(=O)O. The van der Waals surface area contributed by atoms with E-state index in [0.29, 0.717) is 6.42 Å². The average molecular weight is 852 g/mol. The van der Waals surface area contributed by atoms with Crippen molar-refractivity contribution in [2.45, 2.75) is 192 Å². The number of nitrogens with zero attached hydrogens (tertiary/aromatic N) is 1. The Hall–Kier alpha value is -2.36. The minimum Gasteiger partial charge on any atom is -0.481 e. The lowest BCUT2D eigenvalue weighted by Crippen LogP contribution is -2.61. The molecule has 344 valence electrons. The highest BCUT2D eigenvalue weighted by molar-refractivity contribution is 5.83. The molecule has 0 amide bonds. The number of cyclic esters (lactones) is 1. The molecule has 7 N–H and O–H groups in total. The van der Waals surface area contributed by atoms with Crippen LogP contribution in [0.2, 0.25) is 0 Å². The molecule has 0 unspecified atom stereocenters. The van der Waals surface area contributed by atoms with Crippen LogP contribution in [-0.2, 0) is 47.6 Å². The third-order valence-electron chi connectivity index (χ3n) is 12.4. The molecule has 18 atom stereocenters. The molecule has 0 aliphatic carbocycles. The van der Waals surface area contributed by atoms with Gasteiger partial charge in [-0.2, -0.15) is 0 Å². The number of ketones is 1. The van der Waals surface area contributed by atoms with Crippen molar-refractivity contribution in [2.75, 3.05) is 21.2 Å². The van der Waals surface area contributed by atoms with Crippen LogP contribution in [0.15, 0.2) is 0 Å². The van der Waals surface area contributed by atoms with Crippen LogP contribution >= 0.6 is 0 Å². The summed E-state index contributed by atoms with van der Waals surface area (Å²) in [6.45, 7) is 16.3. The van der Waals surface area contributed by atoms with E-state index in [1.165, 1.54) is 27.9 Å². The number of carbonyl (C=O) groups excluding carboxylic acids is 2. The molecule has 0 aromatic rings. The third-order valence-corrected chi connectivity index (χ3v) is 12.4. The fourth-order valence-corrected chi connectivity index (χ4v) is 8.62. The molecule has 0 radical (unpaired) electrons. The molecule has 3 heterocycles. The number of methoxy groups -OCH3 is 1. The van der Waals surface area contributed by atoms with Gasteiger partial charge in [-0.05, 0) is 74.9 Å². The van der Waals surface area contributed by atoms with Crippen molar-refractivity contribution >= 4 is 23.7 Å². The van der Waals surface area contributed by atoms with Crippen LogP contribution < -0.4 is 0 Å². The van der Waals surface area contributed by atoms with Crippen LogP contribution in [0.3, 0.4) is 0 Å². The molecule has 59 heavy (non-hydrogen) atoms. The first-order valence-corrected chi connectivity index (χ1v) is 20.6. The maximum absolute atomic E-state index is 14.1. The standard InChI is InChI=1S/C37H67NO13.C4H6O4/c1-14-25-37(10,45)30(41)20(4)27(39)18(2)16-35(8,44)32(51-34-28(40)24(38(11)12)15-19(3)47-34)21(5)29(22(6)33(43)49-25)50-26-17-36(9,46-13)31(42)23(7)48-26;5-3(6)1-2-4(7)8/h18-26,28-32,34,40-42,44-45H,14-17H2,1-13H3;1-2H2,(H,5,6)(H,7,8)/t18-,19-,20+,21-,22-,23+,24+,25-,26+,28-,29+,30+,31+,32-,34+,35-,36-,37-;/m1./s1. The molecular formula is C41H73NO17. The molecule has 0 aromatic carbocycles. The first-order valence-electron chi connectivity index (χ1n) is 20.6. The van der Waals surface area contributed by atoms with Crippen molar-refractivity contribution in [3.63, 3.8) is 0 Å². The number of carboxylic acid groups (broad SMARTS) is 2. The number of aliphatic hydroxyl groups excluding tert-OH is 3. The summed E-state index contributed by atoms with van der Waals surface area (Å²) in [5.74, 6) is -7.13. The summed E-state index contributed by atoms with van der Waals surface area (Å²) >= 11 is 0. The van der Waals surface area contributed by atoms with Crippen molar-refractivity contribution in [1.29, 1.82) is 0 Å². The average Bonchev–Trinajstić information content (AvgIpc) is 3.15. The summed E-state index contributed by atoms with van der Waals surface area (Å²) in [5.41, 5.74) is -4.84. The van der Waals surface area contributed by atoms with Gasteiger partial charge in [-0.25, -0.2) is 0 Å². The van der Waals surface area contributed by atoms with E-state index < -0.39 is 119 Å². The van der Waals surface area contributed by atoms with E-state index in [1.54, 1.807) is 41.5 Å². The Morgan fingerprint density at radius 1 is 0.847 bits per heavy atom. The second-order valence-corrected chi connectivity index (χ2v) is 17.8. The number of carbonyl (C=O) groups is 4. The molecule has 0 saturated carbocycles. The van der Waals surface area contributed by atoms with Gasteiger partial charge >= 0.3 is 17.9 Å². The lowest BCUT2D eigenvalue weighted by atomic mass is 9.74. The minimum atomic E-state index is -1.99. The Balaban J connectivity index is 0.00000135. The van der Waals surface area contributed by atoms with Gasteiger partial charge in [0.25, 0.3) is 0 Å². The van der Waals surface area contributed by atoms with E-state index in [0.717, 1.165) is 0 Å². The topological polar surface area (TPSA) is 269 Å². The Morgan fingerprint density at radius 3 is 1.90 bits per heavy atom. The van der Waals surface area contributed by atoms with E-state index in [2.05, 4.69) is 0 Å². The van der Waals surface area contributed by atoms with Crippen LogP contribution in [-0.4, -0.2) is 170 Å². The normalized spacial score (nSPS) is 44.2. The highest BCUT2D eigenvalue weighted by Gasteiger charge is 2.53. The van der Waals surface area contributed by atoms with E-state index >= 15 is 0 Å². The van der Waals surface area contributed by atoms with Crippen LogP contribution in [0.25, 0.3) is 0 Å². The zero-order valence-corrected chi connectivity index (χ0v) is 37.1. The predicted octanol–water partition coefficient (Wildman–Crippen LogP) is 1.72. The number of aliphatic carboxylic acids is 2. The fourth-order valence-electron chi connectivity index (χ4n) is 8.62. The van der Waals surface area contributed by atoms with Gasteiger partial charge in [0, 0.05) is 37.3 Å². The molecule has 0 spiro atoms. The van der Waals surface area contributed by atoms with E-state index in [-0.39, 0.29) is 44.2 Å². The molecule has 0 bridgehead atoms. The molecule has 18 nitrogen and oxygen atoms in total. The summed E-state index contributed by atoms with van der Waals surface area (Å²) in [7, 11) is 5.18. The van der Waals surface area contributed by atoms with Gasteiger partial charge in [0.05, 0.1) is 60.5 Å². The highest BCUT2D eigenvalue weighted by Crippen LogP contribution is 2.40. The summed E-state index contributed by atoms with van der Waals surface area (Å²) in [4.78, 5) is 49.0. The molecule has 0 aromatic heterocycles. The molecule has 3 aliphatic heterocycles. The van der Waals surface area contributed by atoms with Gasteiger partial charge in [-0.1, -0.05) is 27.7 Å². The second-order valence-electron chi connectivity index (χ2n) is 17.8. The number of rotatable bonds is 10. The Labute approximate surface area is 348 Å². The number of likely N-dealkylation sites (N-methyl/N-ethyl adjacent to an activating group) is 1. The van der Waals surface area contributed by atoms with Crippen LogP contribution in [0.5, 0.6) is 0 Å². The predicted molar refractivity (Wildman–Crippen MR) is 211 cm³/mol. The molecular weight excluding hydrogens is 778 g/mol. The van der Waals surface area contributed by atoms with Gasteiger partial charge in [0.1, 0.15) is 29.7 Å². The van der Waals surface area contributed by atoms with Gasteiger partial charge < -0.3 is 69.1 Å². The zero-order chi connectivity index (χ0) is 45.5. The smallest absolute Gasteiger partial charge is 0.311 e. The number of hydrogen-bond donors (Lipinski definition) is 7. The Kier molecular flexibility index (Phi) is 19.3. The van der Waals surface area contributed by atoms with Gasteiger partial charge in [0.15, 0.2) is 12.6 Å². The lowest BCUT2D eigenvalue weighted by Gasteiger charge is -2.49. The fraction of sp³-hybridized carbons (Fsp3) is 0.902. The number of ether oxygens (including phenoxy) is 6. The molecule has 3 fully saturated rings. The summed E-state index contributed by atoms with van der Waals surface area (Å²) < 4.78 is 37.1. The maximum atomic E-state index is 14.1. The van der Waals surface area contributed by atoms with Gasteiger partial charge in [-0.3, -0.25) is 19.2 Å². The van der Waals surface area contributed by atoms with E-state index in [4.69, 9.17) is 38.6 Å². The Bertz CT molecular complexity index is 1380. The maximum Gasteiger partial charge on any atom is 0.311 e.